The number of carbonyl (C=O) groups excluding carboxylic acids is 1. The van der Waals surface area contributed by atoms with Crippen molar-refractivity contribution in [3.05, 3.63) is 86.5 Å². The van der Waals surface area contributed by atoms with Gasteiger partial charge < -0.3 is 4.90 Å². The molecular formula is C25H25N5O3S. The molecule has 34 heavy (non-hydrogen) atoms. The van der Waals surface area contributed by atoms with Gasteiger partial charge in [-0.15, -0.1) is 11.3 Å². The van der Waals surface area contributed by atoms with E-state index in [4.69, 9.17) is 4.98 Å². The number of nitrogens with zero attached hydrogens (tertiary/aromatic N) is 5. The van der Waals surface area contributed by atoms with Crippen LogP contribution < -0.4 is 0 Å². The fraction of sp³-hybridized carbons (Fsp3) is 0.280. The first-order valence-corrected chi connectivity index (χ1v) is 12.0. The summed E-state index contributed by atoms with van der Waals surface area (Å²) in [5, 5.41) is 11.1. The van der Waals surface area contributed by atoms with E-state index in [1.165, 1.54) is 22.6 Å². The zero-order valence-electron chi connectivity index (χ0n) is 19.1. The van der Waals surface area contributed by atoms with Gasteiger partial charge in [0.2, 0.25) is 0 Å². The highest BCUT2D eigenvalue weighted by molar-refractivity contribution is 7.17. The highest BCUT2D eigenvalue weighted by Crippen LogP contribution is 2.30. The molecule has 0 bridgehead atoms. The molecule has 0 unspecified atom stereocenters. The Morgan fingerprint density at radius 3 is 2.53 bits per heavy atom. The van der Waals surface area contributed by atoms with Crippen LogP contribution in [0.5, 0.6) is 0 Å². The van der Waals surface area contributed by atoms with Gasteiger partial charge in [0.05, 0.1) is 16.3 Å². The van der Waals surface area contributed by atoms with Crippen LogP contribution in [0.1, 0.15) is 26.5 Å². The molecule has 1 aliphatic rings. The number of nitro benzene ring substituents is 1. The molecule has 1 amide bonds. The van der Waals surface area contributed by atoms with Gasteiger partial charge >= 0.3 is 0 Å². The minimum atomic E-state index is -0.473. The van der Waals surface area contributed by atoms with Crippen molar-refractivity contribution >= 4 is 27.9 Å². The second kappa shape index (κ2) is 9.00. The summed E-state index contributed by atoms with van der Waals surface area (Å²) in [7, 11) is 0. The molecule has 0 saturated carbocycles. The second-order valence-electron chi connectivity index (χ2n) is 8.64. The molecule has 0 spiro atoms. The van der Waals surface area contributed by atoms with Crippen molar-refractivity contribution in [2.24, 2.45) is 0 Å². The molecule has 2 aromatic carbocycles. The zero-order chi connectivity index (χ0) is 23.8. The van der Waals surface area contributed by atoms with Crippen molar-refractivity contribution in [3.8, 4) is 11.3 Å². The largest absolute Gasteiger partial charge is 0.336 e. The monoisotopic (exact) mass is 475 g/mol. The number of hydrogen-bond donors (Lipinski definition) is 0. The summed E-state index contributed by atoms with van der Waals surface area (Å²) in [5.41, 5.74) is 4.77. The van der Waals surface area contributed by atoms with E-state index in [0.29, 0.717) is 18.7 Å². The quantitative estimate of drug-likeness (QED) is 0.312. The van der Waals surface area contributed by atoms with Crippen molar-refractivity contribution in [1.82, 2.24) is 19.2 Å². The van der Waals surface area contributed by atoms with Gasteiger partial charge in [0.25, 0.3) is 11.6 Å². The SMILES string of the molecule is Cc1ccc(-c2nc3sc(C)cn3c2CN2CCN(C(=O)c3cccc([N+](=O)[O-])c3)CC2)cc1. The van der Waals surface area contributed by atoms with Crippen LogP contribution in [0.15, 0.2) is 54.7 Å². The summed E-state index contributed by atoms with van der Waals surface area (Å²) in [4.78, 5) is 34.8. The predicted octanol–water partition coefficient (Wildman–Crippen LogP) is 4.55. The van der Waals surface area contributed by atoms with Crippen LogP contribution in [0.25, 0.3) is 16.2 Å². The number of amides is 1. The zero-order valence-corrected chi connectivity index (χ0v) is 19.9. The maximum Gasteiger partial charge on any atom is 0.270 e. The Kier molecular flexibility index (Phi) is 5.89. The van der Waals surface area contributed by atoms with Crippen molar-refractivity contribution in [2.45, 2.75) is 20.4 Å². The van der Waals surface area contributed by atoms with E-state index in [9.17, 15) is 14.9 Å². The highest BCUT2D eigenvalue weighted by atomic mass is 32.1. The number of benzene rings is 2. The second-order valence-corrected chi connectivity index (χ2v) is 9.86. The van der Waals surface area contributed by atoms with Crippen LogP contribution >= 0.6 is 11.3 Å². The van der Waals surface area contributed by atoms with Gasteiger partial charge in [0.1, 0.15) is 0 Å². The van der Waals surface area contributed by atoms with Crippen LogP contribution in [0.2, 0.25) is 0 Å². The first kappa shape index (κ1) is 22.2. The number of imidazole rings is 1. The van der Waals surface area contributed by atoms with Gasteiger partial charge in [-0.05, 0) is 19.9 Å². The van der Waals surface area contributed by atoms with E-state index in [-0.39, 0.29) is 11.6 Å². The number of piperazine rings is 1. The highest BCUT2D eigenvalue weighted by Gasteiger charge is 2.25. The third-order valence-corrected chi connectivity index (χ3v) is 7.10. The fourth-order valence-electron chi connectivity index (χ4n) is 4.35. The normalized spacial score (nSPS) is 14.6. The van der Waals surface area contributed by atoms with E-state index in [0.717, 1.165) is 41.5 Å². The maximum atomic E-state index is 12.9. The Balaban J connectivity index is 1.33. The van der Waals surface area contributed by atoms with Crippen molar-refractivity contribution < 1.29 is 9.72 Å². The Morgan fingerprint density at radius 2 is 1.82 bits per heavy atom. The Bertz CT molecular complexity index is 1370. The third kappa shape index (κ3) is 4.32. The molecule has 8 nitrogen and oxygen atoms in total. The lowest BCUT2D eigenvalue weighted by Gasteiger charge is -2.34. The molecule has 3 heterocycles. The van der Waals surface area contributed by atoms with Crippen LogP contribution in [0.4, 0.5) is 5.69 Å². The van der Waals surface area contributed by atoms with E-state index >= 15 is 0 Å². The lowest BCUT2D eigenvalue weighted by atomic mass is 10.1. The third-order valence-electron chi connectivity index (χ3n) is 6.20. The summed E-state index contributed by atoms with van der Waals surface area (Å²) in [6.45, 7) is 7.51. The Hall–Kier alpha value is -3.56. The lowest BCUT2D eigenvalue weighted by molar-refractivity contribution is -0.384. The smallest absolute Gasteiger partial charge is 0.270 e. The number of fused-ring (bicyclic) bond motifs is 1. The predicted molar refractivity (Wildman–Crippen MR) is 132 cm³/mol. The summed E-state index contributed by atoms with van der Waals surface area (Å²) in [6.07, 6.45) is 2.14. The summed E-state index contributed by atoms with van der Waals surface area (Å²) < 4.78 is 2.19. The van der Waals surface area contributed by atoms with Crippen LogP contribution in [0.3, 0.4) is 0 Å². The van der Waals surface area contributed by atoms with E-state index in [1.807, 2.05) is 0 Å². The number of thiazole rings is 1. The number of non-ortho nitro benzene ring substituents is 1. The average Bonchev–Trinajstić information content (AvgIpc) is 3.36. The Labute approximate surface area is 201 Å². The Morgan fingerprint density at radius 1 is 1.09 bits per heavy atom. The van der Waals surface area contributed by atoms with Crippen LogP contribution in [-0.4, -0.2) is 56.2 Å². The lowest BCUT2D eigenvalue weighted by Crippen LogP contribution is -2.48. The first-order valence-electron chi connectivity index (χ1n) is 11.2. The molecule has 0 aliphatic carbocycles. The van der Waals surface area contributed by atoms with Gasteiger partial charge in [-0.1, -0.05) is 35.9 Å². The van der Waals surface area contributed by atoms with Gasteiger partial charge in [-0.25, -0.2) is 4.98 Å². The van der Waals surface area contributed by atoms with Gasteiger partial charge in [-0.2, -0.15) is 0 Å². The standard InChI is InChI=1S/C25H25N5O3S/c1-17-6-8-19(9-7-17)23-22(29-15-18(2)34-25(29)26-23)16-27-10-12-28(13-11-27)24(31)20-4-3-5-21(14-20)30(32)33/h3-9,14-15H,10-13,16H2,1-2H3. The molecule has 1 aliphatic heterocycles. The number of aryl methyl sites for hydroxylation is 2. The molecular weight excluding hydrogens is 450 g/mol. The van der Waals surface area contributed by atoms with Crippen molar-refractivity contribution in [1.29, 1.82) is 0 Å². The van der Waals surface area contributed by atoms with Gasteiger partial charge in [0, 0.05) is 67.1 Å². The minimum Gasteiger partial charge on any atom is -0.336 e. The summed E-state index contributed by atoms with van der Waals surface area (Å²) in [6, 6.07) is 14.4. The average molecular weight is 476 g/mol. The fourth-order valence-corrected chi connectivity index (χ4v) is 5.19. The molecule has 174 valence electrons. The van der Waals surface area contributed by atoms with Gasteiger partial charge in [-0.3, -0.25) is 24.2 Å². The maximum absolute atomic E-state index is 12.9. The minimum absolute atomic E-state index is 0.0658. The molecule has 5 rings (SSSR count). The summed E-state index contributed by atoms with van der Waals surface area (Å²) >= 11 is 1.68. The molecule has 1 fully saturated rings. The molecule has 9 heteroatoms. The van der Waals surface area contributed by atoms with Crippen LogP contribution in [0, 0.1) is 24.0 Å². The number of aromatic nitrogens is 2. The molecule has 0 radical (unpaired) electrons. The topological polar surface area (TPSA) is 84.0 Å². The first-order chi connectivity index (χ1) is 16.4. The van der Waals surface area contributed by atoms with E-state index in [2.05, 4.69) is 53.6 Å². The molecule has 2 aromatic heterocycles. The van der Waals surface area contributed by atoms with Crippen molar-refractivity contribution in [3.63, 3.8) is 0 Å². The molecule has 0 N–H and O–H groups in total. The van der Waals surface area contributed by atoms with Gasteiger partial charge in [0.15, 0.2) is 4.96 Å². The summed E-state index contributed by atoms with van der Waals surface area (Å²) in [5.74, 6) is -0.163. The number of nitro groups is 1. The number of rotatable bonds is 5. The molecule has 1 saturated heterocycles. The van der Waals surface area contributed by atoms with E-state index < -0.39 is 4.92 Å². The van der Waals surface area contributed by atoms with E-state index in [1.54, 1.807) is 28.4 Å². The molecule has 0 atom stereocenters. The number of hydrogen-bond acceptors (Lipinski definition) is 6. The molecule has 4 aromatic rings. The van der Waals surface area contributed by atoms with Crippen LogP contribution in [-0.2, 0) is 6.54 Å². The van der Waals surface area contributed by atoms with Crippen molar-refractivity contribution in [2.75, 3.05) is 26.2 Å². The number of carbonyl (C=O) groups is 1.